The van der Waals surface area contributed by atoms with Crippen LogP contribution in [0.15, 0.2) is 23.2 Å². The maximum absolute atomic E-state index is 12.0. The van der Waals surface area contributed by atoms with Crippen LogP contribution >= 0.6 is 34.5 Å². The molecule has 0 spiro atoms. The Morgan fingerprint density at radius 2 is 2.00 bits per heavy atom. The lowest BCUT2D eigenvalue weighted by molar-refractivity contribution is -0.132. The van der Waals surface area contributed by atoms with E-state index in [-0.39, 0.29) is 11.8 Å². The molecule has 1 heterocycles. The molecule has 8 heteroatoms. The first-order chi connectivity index (χ1) is 10.8. The zero-order valence-electron chi connectivity index (χ0n) is 12.7. The summed E-state index contributed by atoms with van der Waals surface area (Å²) < 4.78 is 6.46. The van der Waals surface area contributed by atoms with Crippen molar-refractivity contribution >= 4 is 52.1 Å². The second-order valence-corrected chi connectivity index (χ2v) is 6.45. The average molecular weight is 373 g/mol. The molecule has 0 amide bonds. The number of nitrogens with zero attached hydrogens (tertiary/aromatic N) is 2. The summed E-state index contributed by atoms with van der Waals surface area (Å²) in [4.78, 5) is 28.8. The molecule has 0 aliphatic rings. The highest BCUT2D eigenvalue weighted by atomic mass is 35.5. The van der Waals surface area contributed by atoms with Crippen LogP contribution in [-0.2, 0) is 11.2 Å². The number of benzene rings is 1. The zero-order valence-corrected chi connectivity index (χ0v) is 15.1. The summed E-state index contributed by atoms with van der Waals surface area (Å²) in [6.45, 7) is 4.56. The van der Waals surface area contributed by atoms with Crippen molar-refractivity contribution < 1.29 is 14.3 Å². The minimum absolute atomic E-state index is 0.203. The van der Waals surface area contributed by atoms with Gasteiger partial charge in [-0.1, -0.05) is 47.5 Å². The van der Waals surface area contributed by atoms with Gasteiger partial charge in [0.15, 0.2) is 4.80 Å². The van der Waals surface area contributed by atoms with Crippen LogP contribution in [0, 0.1) is 0 Å². The number of carbonyl (C=O) groups excluding carboxylic acids is 2. The van der Waals surface area contributed by atoms with Crippen molar-refractivity contribution in [3.63, 3.8) is 0 Å². The summed E-state index contributed by atoms with van der Waals surface area (Å²) in [6, 6.07) is 5.06. The number of ether oxygens (including phenoxy) is 1. The summed E-state index contributed by atoms with van der Waals surface area (Å²) >= 11 is 13.4. The van der Waals surface area contributed by atoms with Crippen molar-refractivity contribution in [2.24, 2.45) is 4.99 Å². The summed E-state index contributed by atoms with van der Waals surface area (Å²) in [7, 11) is 0. The van der Waals surface area contributed by atoms with Crippen LogP contribution in [0.5, 0.6) is 5.88 Å². The lowest BCUT2D eigenvalue weighted by Crippen LogP contribution is -2.22. The zero-order chi connectivity index (χ0) is 17.1. The maximum atomic E-state index is 12.0. The predicted molar refractivity (Wildman–Crippen MR) is 91.0 cm³/mol. The SMILES string of the molecule is CCc1sc(=Nc2cccc(Cl)c2Cl)n(C(C)=O)c1OC(C)=O. The number of aromatic nitrogens is 1. The van der Waals surface area contributed by atoms with Crippen molar-refractivity contribution in [2.45, 2.75) is 27.2 Å². The predicted octanol–water partition coefficient (Wildman–Crippen LogP) is 4.24. The molecule has 0 saturated carbocycles. The lowest BCUT2D eigenvalue weighted by atomic mass is 10.3. The van der Waals surface area contributed by atoms with E-state index in [2.05, 4.69) is 4.99 Å². The molecule has 0 unspecified atom stereocenters. The number of carbonyl (C=O) groups is 2. The van der Waals surface area contributed by atoms with Crippen molar-refractivity contribution in [1.82, 2.24) is 4.57 Å². The molecule has 0 N–H and O–H groups in total. The minimum Gasteiger partial charge on any atom is -0.408 e. The number of halogens is 2. The summed E-state index contributed by atoms with van der Waals surface area (Å²) in [5.74, 6) is -0.608. The first-order valence-electron chi connectivity index (χ1n) is 6.78. The van der Waals surface area contributed by atoms with Crippen molar-refractivity contribution in [3.8, 4) is 5.88 Å². The molecule has 1 aromatic heterocycles. The highest BCUT2D eigenvalue weighted by Gasteiger charge is 2.19. The Balaban J connectivity index is 2.73. The number of thiazole rings is 1. The molecule has 5 nitrogen and oxygen atoms in total. The van der Waals surface area contributed by atoms with E-state index in [1.165, 1.54) is 29.8 Å². The van der Waals surface area contributed by atoms with Gasteiger partial charge in [0.2, 0.25) is 11.8 Å². The van der Waals surface area contributed by atoms with Crippen molar-refractivity contribution in [1.29, 1.82) is 0 Å². The second kappa shape index (κ2) is 7.29. The third-order valence-electron chi connectivity index (χ3n) is 2.87. The van der Waals surface area contributed by atoms with Gasteiger partial charge in [-0.15, -0.1) is 0 Å². The molecular weight excluding hydrogens is 359 g/mol. The molecular formula is C15H14Cl2N2O3S. The van der Waals surface area contributed by atoms with Crippen LogP contribution in [0.25, 0.3) is 0 Å². The highest BCUT2D eigenvalue weighted by Crippen LogP contribution is 2.32. The minimum atomic E-state index is -0.500. The fraction of sp³-hybridized carbons (Fsp3) is 0.267. The van der Waals surface area contributed by atoms with Gasteiger partial charge in [0.25, 0.3) is 0 Å². The smallest absolute Gasteiger partial charge is 0.309 e. The first kappa shape index (κ1) is 17.7. The molecule has 0 radical (unpaired) electrons. The fourth-order valence-corrected chi connectivity index (χ4v) is 3.28. The van der Waals surface area contributed by atoms with Gasteiger partial charge in [0.1, 0.15) is 0 Å². The maximum Gasteiger partial charge on any atom is 0.309 e. The summed E-state index contributed by atoms with van der Waals surface area (Å²) in [6.07, 6.45) is 0.597. The second-order valence-electron chi connectivity index (χ2n) is 4.60. The Morgan fingerprint density at radius 3 is 2.57 bits per heavy atom. The third kappa shape index (κ3) is 3.83. The summed E-state index contributed by atoms with van der Waals surface area (Å²) in [5, 5.41) is 0.666. The molecule has 0 atom stereocenters. The van der Waals surface area contributed by atoms with Crippen LogP contribution in [0.3, 0.4) is 0 Å². The molecule has 23 heavy (non-hydrogen) atoms. The van der Waals surface area contributed by atoms with E-state index in [9.17, 15) is 9.59 Å². The van der Waals surface area contributed by atoms with Gasteiger partial charge in [-0.05, 0) is 18.6 Å². The molecule has 0 bridgehead atoms. The monoisotopic (exact) mass is 372 g/mol. The van der Waals surface area contributed by atoms with E-state index in [0.717, 1.165) is 4.88 Å². The topological polar surface area (TPSA) is 60.7 Å². The van der Waals surface area contributed by atoms with Gasteiger partial charge in [-0.2, -0.15) is 0 Å². The molecule has 0 saturated heterocycles. The van der Waals surface area contributed by atoms with Gasteiger partial charge in [-0.25, -0.2) is 9.56 Å². The van der Waals surface area contributed by atoms with Gasteiger partial charge >= 0.3 is 5.97 Å². The van der Waals surface area contributed by atoms with E-state index < -0.39 is 5.97 Å². The van der Waals surface area contributed by atoms with Crippen LogP contribution in [0.2, 0.25) is 10.0 Å². The number of aryl methyl sites for hydroxylation is 1. The largest absolute Gasteiger partial charge is 0.408 e. The highest BCUT2D eigenvalue weighted by molar-refractivity contribution is 7.09. The van der Waals surface area contributed by atoms with Crippen LogP contribution < -0.4 is 9.54 Å². The van der Waals surface area contributed by atoms with E-state index >= 15 is 0 Å². The van der Waals surface area contributed by atoms with E-state index in [1.54, 1.807) is 18.2 Å². The molecule has 122 valence electrons. The third-order valence-corrected chi connectivity index (χ3v) is 4.85. The van der Waals surface area contributed by atoms with Crippen molar-refractivity contribution in [2.75, 3.05) is 0 Å². The molecule has 0 fully saturated rings. The molecule has 2 aromatic rings. The standard InChI is InChI=1S/C15H14Cl2N2O3S/c1-4-12-14(22-9(3)21)19(8(2)20)15(23-12)18-11-7-5-6-10(16)13(11)17/h5-7H,4H2,1-3H3. The summed E-state index contributed by atoms with van der Waals surface area (Å²) in [5.41, 5.74) is 0.437. The van der Waals surface area contributed by atoms with Crippen LogP contribution in [0.4, 0.5) is 5.69 Å². The number of hydrogen-bond acceptors (Lipinski definition) is 5. The van der Waals surface area contributed by atoms with Crippen LogP contribution in [0.1, 0.15) is 30.4 Å². The normalized spacial score (nSPS) is 11.6. The molecule has 0 aliphatic heterocycles. The lowest BCUT2D eigenvalue weighted by Gasteiger charge is -2.06. The van der Waals surface area contributed by atoms with E-state index in [1.807, 2.05) is 6.92 Å². The van der Waals surface area contributed by atoms with Crippen molar-refractivity contribution in [3.05, 3.63) is 37.9 Å². The molecule has 0 aliphatic carbocycles. The molecule has 2 rings (SSSR count). The quantitative estimate of drug-likeness (QED) is 0.757. The van der Waals surface area contributed by atoms with E-state index in [0.29, 0.717) is 27.0 Å². The van der Waals surface area contributed by atoms with Gasteiger partial charge < -0.3 is 4.74 Å². The van der Waals surface area contributed by atoms with Crippen LogP contribution in [-0.4, -0.2) is 16.4 Å². The number of hydrogen-bond donors (Lipinski definition) is 0. The Labute approximate surface area is 147 Å². The number of esters is 1. The fourth-order valence-electron chi connectivity index (χ4n) is 1.91. The average Bonchev–Trinajstić information content (AvgIpc) is 2.80. The molecule has 1 aromatic carbocycles. The van der Waals surface area contributed by atoms with E-state index in [4.69, 9.17) is 27.9 Å². The van der Waals surface area contributed by atoms with Gasteiger partial charge in [0.05, 0.1) is 20.6 Å². The van der Waals surface area contributed by atoms with Gasteiger partial charge in [-0.3, -0.25) is 9.59 Å². The Kier molecular flexibility index (Phi) is 5.62. The Morgan fingerprint density at radius 1 is 1.30 bits per heavy atom. The number of rotatable bonds is 3. The Bertz CT molecular complexity index is 840. The Hall–Kier alpha value is -1.63. The first-order valence-corrected chi connectivity index (χ1v) is 8.35. The van der Waals surface area contributed by atoms with Gasteiger partial charge in [0, 0.05) is 13.8 Å².